The van der Waals surface area contributed by atoms with Crippen LogP contribution in [0.25, 0.3) is 0 Å². The average molecular weight is 479 g/mol. The number of ether oxygens (including phenoxy) is 4. The number of carboxylic acid groups (broad SMARTS) is 1. The molecule has 0 fully saturated rings. The van der Waals surface area contributed by atoms with Gasteiger partial charge in [0.05, 0.1) is 12.6 Å². The molecule has 0 saturated heterocycles. The summed E-state index contributed by atoms with van der Waals surface area (Å²) in [6.45, 7) is 4.38. The fourth-order valence-electron chi connectivity index (χ4n) is 2.74. The van der Waals surface area contributed by atoms with E-state index in [9.17, 15) is 22.8 Å². The van der Waals surface area contributed by atoms with Crippen molar-refractivity contribution in [3.05, 3.63) is 29.8 Å². The summed E-state index contributed by atoms with van der Waals surface area (Å²) in [5.74, 6) is -0.512. The van der Waals surface area contributed by atoms with Crippen LogP contribution in [-0.2, 0) is 25.4 Å². The van der Waals surface area contributed by atoms with Gasteiger partial charge in [-0.05, 0) is 44.9 Å². The normalized spacial score (nSPS) is 12.5. The number of carbonyl (C=O) groups excluding carboxylic acids is 1. The first-order valence-corrected chi connectivity index (χ1v) is 10.7. The van der Waals surface area contributed by atoms with Gasteiger partial charge >= 0.3 is 18.2 Å². The number of carbonyl (C=O) groups is 2. The van der Waals surface area contributed by atoms with Crippen LogP contribution in [-0.4, -0.2) is 80.0 Å². The summed E-state index contributed by atoms with van der Waals surface area (Å²) in [6.07, 6.45) is -5.83. The molecular formula is C22H32F3NO7. The van der Waals surface area contributed by atoms with Crippen LogP contribution in [0.5, 0.6) is 5.75 Å². The Kier molecular flexibility index (Phi) is 12.6. The molecule has 1 atom stereocenters. The second-order valence-electron chi connectivity index (χ2n) is 7.42. The Balaban J connectivity index is 2.53. The molecular weight excluding hydrogens is 447 g/mol. The van der Waals surface area contributed by atoms with Gasteiger partial charge in [-0.15, -0.1) is 0 Å². The molecule has 1 aromatic rings. The monoisotopic (exact) mass is 479 g/mol. The van der Waals surface area contributed by atoms with Crippen molar-refractivity contribution in [2.24, 2.45) is 0 Å². The molecule has 0 aliphatic carbocycles. The number of aliphatic carboxylic acids is 1. The summed E-state index contributed by atoms with van der Waals surface area (Å²) in [7, 11) is 0. The number of rotatable bonds is 15. The molecule has 1 N–H and O–H groups in total. The standard InChI is InChI=1S/C22H32F3NO7/c1-4-31-19(20(27)28)14-17-6-8-18(9-7-17)32-13-11-26(21(29)33-16(2)3)10-5-12-30-15-22(23,24)25/h6-9,16,19H,4-5,10-15H2,1-3H3,(H,27,28). The van der Waals surface area contributed by atoms with Gasteiger partial charge in [-0.3, -0.25) is 0 Å². The summed E-state index contributed by atoms with van der Waals surface area (Å²) < 4.78 is 57.0. The predicted molar refractivity (Wildman–Crippen MR) is 113 cm³/mol. The highest BCUT2D eigenvalue weighted by Crippen LogP contribution is 2.16. The van der Waals surface area contributed by atoms with E-state index in [2.05, 4.69) is 4.74 Å². The van der Waals surface area contributed by atoms with Crippen molar-refractivity contribution in [1.29, 1.82) is 0 Å². The molecule has 8 nitrogen and oxygen atoms in total. The van der Waals surface area contributed by atoms with Gasteiger partial charge in [0.25, 0.3) is 0 Å². The van der Waals surface area contributed by atoms with Gasteiger partial charge in [0.15, 0.2) is 6.10 Å². The fraction of sp³-hybridized carbons (Fsp3) is 0.636. The van der Waals surface area contributed by atoms with Crippen molar-refractivity contribution in [3.8, 4) is 5.75 Å². The van der Waals surface area contributed by atoms with E-state index in [4.69, 9.17) is 19.3 Å². The van der Waals surface area contributed by atoms with Gasteiger partial charge in [-0.2, -0.15) is 13.2 Å². The molecule has 188 valence electrons. The maximum absolute atomic E-state index is 12.2. The van der Waals surface area contributed by atoms with Crippen molar-refractivity contribution >= 4 is 12.1 Å². The quantitative estimate of drug-likeness (QED) is 0.381. The van der Waals surface area contributed by atoms with Crippen LogP contribution >= 0.6 is 0 Å². The van der Waals surface area contributed by atoms with Crippen LogP contribution < -0.4 is 4.74 Å². The average Bonchev–Trinajstić information content (AvgIpc) is 2.71. The zero-order valence-corrected chi connectivity index (χ0v) is 19.1. The fourth-order valence-corrected chi connectivity index (χ4v) is 2.74. The zero-order chi connectivity index (χ0) is 24.9. The summed E-state index contributed by atoms with van der Waals surface area (Å²) in [4.78, 5) is 24.8. The summed E-state index contributed by atoms with van der Waals surface area (Å²) in [6, 6.07) is 6.82. The van der Waals surface area contributed by atoms with Crippen molar-refractivity contribution in [1.82, 2.24) is 4.90 Å². The van der Waals surface area contributed by atoms with Crippen LogP contribution in [0.3, 0.4) is 0 Å². The lowest BCUT2D eigenvalue weighted by molar-refractivity contribution is -0.174. The minimum Gasteiger partial charge on any atom is -0.492 e. The van der Waals surface area contributed by atoms with E-state index in [1.165, 1.54) is 4.90 Å². The molecule has 0 aliphatic heterocycles. The molecule has 1 rings (SSSR count). The van der Waals surface area contributed by atoms with E-state index in [1.54, 1.807) is 45.0 Å². The van der Waals surface area contributed by atoms with E-state index in [0.717, 1.165) is 5.56 Å². The Hall–Kier alpha value is -2.53. The molecule has 1 unspecified atom stereocenters. The van der Waals surface area contributed by atoms with E-state index < -0.39 is 30.9 Å². The molecule has 1 amide bonds. The van der Waals surface area contributed by atoms with Gasteiger partial charge < -0.3 is 29.0 Å². The number of benzene rings is 1. The van der Waals surface area contributed by atoms with E-state index >= 15 is 0 Å². The lowest BCUT2D eigenvalue weighted by Gasteiger charge is -2.23. The van der Waals surface area contributed by atoms with Crippen LogP contribution in [0, 0.1) is 0 Å². The number of amides is 1. The van der Waals surface area contributed by atoms with E-state index in [1.807, 2.05) is 0 Å². The first-order valence-electron chi connectivity index (χ1n) is 10.7. The molecule has 33 heavy (non-hydrogen) atoms. The van der Waals surface area contributed by atoms with Gasteiger partial charge in [0, 0.05) is 26.2 Å². The maximum atomic E-state index is 12.2. The number of carboxylic acids is 1. The number of hydrogen-bond acceptors (Lipinski definition) is 6. The molecule has 0 aliphatic rings. The molecule has 0 saturated carbocycles. The van der Waals surface area contributed by atoms with Crippen LogP contribution in [0.1, 0.15) is 32.8 Å². The topological polar surface area (TPSA) is 94.5 Å². The van der Waals surface area contributed by atoms with Crippen LogP contribution in [0.2, 0.25) is 0 Å². The third-order valence-corrected chi connectivity index (χ3v) is 4.19. The number of hydrogen-bond donors (Lipinski definition) is 1. The molecule has 1 aromatic carbocycles. The van der Waals surface area contributed by atoms with Crippen molar-refractivity contribution < 1.29 is 46.8 Å². The second-order valence-corrected chi connectivity index (χ2v) is 7.42. The Morgan fingerprint density at radius 1 is 1.09 bits per heavy atom. The van der Waals surface area contributed by atoms with Crippen molar-refractivity contribution in [2.75, 3.05) is 39.5 Å². The van der Waals surface area contributed by atoms with Crippen molar-refractivity contribution in [2.45, 2.75) is 52.0 Å². The largest absolute Gasteiger partial charge is 0.492 e. The van der Waals surface area contributed by atoms with Crippen LogP contribution in [0.15, 0.2) is 24.3 Å². The highest BCUT2D eigenvalue weighted by molar-refractivity contribution is 5.72. The van der Waals surface area contributed by atoms with Crippen molar-refractivity contribution in [3.63, 3.8) is 0 Å². The molecule has 0 spiro atoms. The first kappa shape index (κ1) is 28.5. The predicted octanol–water partition coefficient (Wildman–Crippen LogP) is 3.91. The third-order valence-electron chi connectivity index (χ3n) is 4.19. The van der Waals surface area contributed by atoms with E-state index in [-0.39, 0.29) is 45.2 Å². The Bertz CT molecular complexity index is 711. The molecule has 0 radical (unpaired) electrons. The smallest absolute Gasteiger partial charge is 0.411 e. The maximum Gasteiger partial charge on any atom is 0.411 e. The SMILES string of the molecule is CCOC(Cc1ccc(OCCN(CCCOCC(F)(F)F)C(=O)OC(C)C)cc1)C(=O)O. The van der Waals surface area contributed by atoms with Gasteiger partial charge in [0.1, 0.15) is 19.0 Å². The third kappa shape index (κ3) is 12.9. The number of halogens is 3. The van der Waals surface area contributed by atoms with Crippen LogP contribution in [0.4, 0.5) is 18.0 Å². The molecule has 0 heterocycles. The van der Waals surface area contributed by atoms with Gasteiger partial charge in [0.2, 0.25) is 0 Å². The zero-order valence-electron chi connectivity index (χ0n) is 19.1. The number of alkyl halides is 3. The Morgan fingerprint density at radius 2 is 1.76 bits per heavy atom. The Morgan fingerprint density at radius 3 is 2.30 bits per heavy atom. The lowest BCUT2D eigenvalue weighted by atomic mass is 10.1. The molecule has 0 bridgehead atoms. The van der Waals surface area contributed by atoms with E-state index in [0.29, 0.717) is 12.4 Å². The van der Waals surface area contributed by atoms with Gasteiger partial charge in [-0.1, -0.05) is 12.1 Å². The summed E-state index contributed by atoms with van der Waals surface area (Å²) in [5, 5.41) is 9.16. The summed E-state index contributed by atoms with van der Waals surface area (Å²) in [5.41, 5.74) is 0.768. The second kappa shape index (κ2) is 14.6. The minimum absolute atomic E-state index is 0.132. The highest BCUT2D eigenvalue weighted by Gasteiger charge is 2.27. The number of nitrogens with zero attached hydrogens (tertiary/aromatic N) is 1. The van der Waals surface area contributed by atoms with Gasteiger partial charge in [-0.25, -0.2) is 9.59 Å². The first-order chi connectivity index (χ1) is 15.5. The summed E-state index contributed by atoms with van der Waals surface area (Å²) >= 11 is 0. The Labute approximate surface area is 191 Å². The minimum atomic E-state index is -4.39. The highest BCUT2D eigenvalue weighted by atomic mass is 19.4. The molecule has 11 heteroatoms. The lowest BCUT2D eigenvalue weighted by Crippen LogP contribution is -2.37. The molecule has 0 aromatic heterocycles.